The van der Waals surface area contributed by atoms with Crippen LogP contribution in [0, 0.1) is 6.92 Å². The lowest BCUT2D eigenvalue weighted by molar-refractivity contribution is 0.0477. The van der Waals surface area contributed by atoms with Crippen molar-refractivity contribution in [3.05, 3.63) is 44.4 Å². The number of fused-ring (bicyclic) bond motifs is 1. The third-order valence-corrected chi connectivity index (χ3v) is 8.83. The Morgan fingerprint density at radius 1 is 1.28 bits per heavy atom. The van der Waals surface area contributed by atoms with Crippen molar-refractivity contribution >= 4 is 55.6 Å². The quantitative estimate of drug-likeness (QED) is 0.380. The predicted molar refractivity (Wildman–Crippen MR) is 120 cm³/mol. The Hall–Kier alpha value is -2.30. The maximum atomic E-state index is 13.0. The normalized spacial score (nSPS) is 20.0. The zero-order valence-corrected chi connectivity index (χ0v) is 19.6. The average molecular weight is 494 g/mol. The van der Waals surface area contributed by atoms with Gasteiger partial charge in [-0.2, -0.15) is 5.10 Å². The van der Waals surface area contributed by atoms with Gasteiger partial charge in [0.2, 0.25) is 5.78 Å². The van der Waals surface area contributed by atoms with Crippen LogP contribution in [0.2, 0.25) is 4.34 Å². The molecule has 11 heteroatoms. The Kier molecular flexibility index (Phi) is 5.34. The number of aryl methyl sites for hydroxylation is 1. The average Bonchev–Trinajstić information content (AvgIpc) is 3.29. The molecule has 0 unspecified atom stereocenters. The molecule has 1 atom stereocenters. The summed E-state index contributed by atoms with van der Waals surface area (Å²) in [5, 5.41) is 5.09. The molecule has 5 rings (SSSR count). The van der Waals surface area contributed by atoms with Crippen molar-refractivity contribution in [2.45, 2.75) is 38.1 Å². The van der Waals surface area contributed by atoms with E-state index in [0.717, 1.165) is 29.9 Å². The van der Waals surface area contributed by atoms with E-state index in [1.54, 1.807) is 29.8 Å². The predicted octanol–water partition coefficient (Wildman–Crippen LogP) is 3.73. The van der Waals surface area contributed by atoms with Crippen LogP contribution >= 0.6 is 22.9 Å². The third-order valence-electron chi connectivity index (χ3n) is 5.81. The fraction of sp³-hybridized carbons (Fsp3) is 0.429. The van der Waals surface area contributed by atoms with E-state index in [0.29, 0.717) is 37.9 Å². The molecular weight excluding hydrogens is 474 g/mol. The highest BCUT2D eigenvalue weighted by molar-refractivity contribution is 7.91. The number of pyridine rings is 1. The molecule has 0 amide bonds. The second-order valence-corrected chi connectivity index (χ2v) is 12.2. The van der Waals surface area contributed by atoms with Crippen LogP contribution < -0.4 is 0 Å². The molecule has 4 heterocycles. The molecule has 168 valence electrons. The van der Waals surface area contributed by atoms with E-state index in [9.17, 15) is 18.0 Å². The van der Waals surface area contributed by atoms with Crippen LogP contribution in [-0.4, -0.2) is 53.0 Å². The van der Waals surface area contributed by atoms with Gasteiger partial charge in [0.1, 0.15) is 0 Å². The summed E-state index contributed by atoms with van der Waals surface area (Å²) < 4.78 is 31.5. The molecule has 0 N–H and O–H groups in total. The minimum absolute atomic E-state index is 0.0101. The number of hydrogen-bond acceptors (Lipinski definition) is 8. The van der Waals surface area contributed by atoms with Crippen LogP contribution in [0.3, 0.4) is 0 Å². The Morgan fingerprint density at radius 2 is 2.06 bits per heavy atom. The first kappa shape index (κ1) is 21.5. The number of carbonyl (C=O) groups is 2. The first-order valence-electron chi connectivity index (χ1n) is 10.3. The summed E-state index contributed by atoms with van der Waals surface area (Å²) in [6, 6.07) is 4.63. The minimum Gasteiger partial charge on any atom is -0.454 e. The van der Waals surface area contributed by atoms with Gasteiger partial charge in [0, 0.05) is 11.6 Å². The molecule has 0 spiro atoms. The smallest absolute Gasteiger partial charge is 0.339 e. The number of aromatic nitrogens is 3. The number of esters is 1. The van der Waals surface area contributed by atoms with Crippen LogP contribution in [0.4, 0.5) is 0 Å². The third kappa shape index (κ3) is 4.06. The maximum Gasteiger partial charge on any atom is 0.339 e. The van der Waals surface area contributed by atoms with Gasteiger partial charge >= 0.3 is 5.97 Å². The molecule has 0 radical (unpaired) electrons. The SMILES string of the molecule is Cc1nn([C@@H]2CCS(=O)(=O)C2)c2nc(C3CC3)cc(C(=O)OCC(=O)c3ccc(Cl)s3)c12. The summed E-state index contributed by atoms with van der Waals surface area (Å²) in [6.45, 7) is 1.36. The second-order valence-electron chi connectivity index (χ2n) is 8.26. The van der Waals surface area contributed by atoms with Crippen LogP contribution in [0.15, 0.2) is 18.2 Å². The van der Waals surface area contributed by atoms with Crippen molar-refractivity contribution in [2.24, 2.45) is 0 Å². The molecule has 1 aliphatic heterocycles. The Labute approximate surface area is 193 Å². The van der Waals surface area contributed by atoms with Crippen molar-refractivity contribution in [3.63, 3.8) is 0 Å². The Bertz CT molecular complexity index is 1360. The van der Waals surface area contributed by atoms with Crippen molar-refractivity contribution in [3.8, 4) is 0 Å². The molecule has 8 nitrogen and oxygen atoms in total. The monoisotopic (exact) mass is 493 g/mol. The summed E-state index contributed by atoms with van der Waals surface area (Å²) in [7, 11) is -3.11. The van der Waals surface area contributed by atoms with Crippen LogP contribution in [0.25, 0.3) is 11.0 Å². The lowest BCUT2D eigenvalue weighted by Gasteiger charge is -2.11. The van der Waals surface area contributed by atoms with Gasteiger partial charge in [0.15, 0.2) is 22.1 Å². The highest BCUT2D eigenvalue weighted by Gasteiger charge is 2.34. The molecule has 32 heavy (non-hydrogen) atoms. The lowest BCUT2D eigenvalue weighted by Crippen LogP contribution is -2.15. The number of rotatable bonds is 6. The summed E-state index contributed by atoms with van der Waals surface area (Å²) in [5.41, 5.74) is 2.14. The van der Waals surface area contributed by atoms with E-state index in [4.69, 9.17) is 21.3 Å². The van der Waals surface area contributed by atoms with E-state index < -0.39 is 22.4 Å². The minimum atomic E-state index is -3.11. The van der Waals surface area contributed by atoms with E-state index in [2.05, 4.69) is 5.10 Å². The molecule has 0 bridgehead atoms. The van der Waals surface area contributed by atoms with Crippen molar-refractivity contribution in [1.82, 2.24) is 14.8 Å². The van der Waals surface area contributed by atoms with Crippen molar-refractivity contribution in [2.75, 3.05) is 18.1 Å². The fourth-order valence-electron chi connectivity index (χ4n) is 4.05. The Balaban J connectivity index is 1.49. The van der Waals surface area contributed by atoms with Crippen LogP contribution in [-0.2, 0) is 14.6 Å². The summed E-state index contributed by atoms with van der Waals surface area (Å²) in [5.74, 6) is -0.569. The zero-order chi connectivity index (χ0) is 22.6. The lowest BCUT2D eigenvalue weighted by atomic mass is 10.1. The number of sulfone groups is 1. The molecule has 0 aromatic carbocycles. The van der Waals surface area contributed by atoms with Gasteiger partial charge < -0.3 is 4.74 Å². The molecule has 2 fully saturated rings. The van der Waals surface area contributed by atoms with Gasteiger partial charge in [-0.15, -0.1) is 11.3 Å². The highest BCUT2D eigenvalue weighted by Crippen LogP contribution is 2.41. The van der Waals surface area contributed by atoms with Crippen molar-refractivity contribution < 1.29 is 22.7 Å². The van der Waals surface area contributed by atoms with E-state index in [1.807, 2.05) is 0 Å². The van der Waals surface area contributed by atoms with Crippen molar-refractivity contribution in [1.29, 1.82) is 0 Å². The van der Waals surface area contributed by atoms with Gasteiger partial charge in [-0.25, -0.2) is 22.9 Å². The number of ether oxygens (including phenoxy) is 1. The van der Waals surface area contributed by atoms with Gasteiger partial charge in [-0.1, -0.05) is 11.6 Å². The number of carbonyl (C=O) groups excluding carboxylic acids is 2. The molecule has 1 saturated carbocycles. The standard InChI is InChI=1S/C21H20ClN3O5S2/c1-11-19-14(21(27)30-9-16(26)17-4-5-18(22)31-17)8-15(12-2-3-12)23-20(19)25(24-11)13-6-7-32(28,29)10-13/h4-5,8,12-13H,2-3,6-7,9-10H2,1H3/t13-/m1/s1. The topological polar surface area (TPSA) is 108 Å². The molecule has 3 aromatic rings. The molecule has 1 saturated heterocycles. The van der Waals surface area contributed by atoms with Gasteiger partial charge in [0.05, 0.1) is 43.4 Å². The molecular formula is C21H20ClN3O5S2. The molecule has 3 aromatic heterocycles. The number of nitrogens with zero attached hydrogens (tertiary/aromatic N) is 3. The molecule has 2 aliphatic rings. The van der Waals surface area contributed by atoms with Gasteiger partial charge in [-0.3, -0.25) is 4.79 Å². The van der Waals surface area contributed by atoms with E-state index in [-0.39, 0.29) is 29.2 Å². The molecule has 1 aliphatic carbocycles. The largest absolute Gasteiger partial charge is 0.454 e. The van der Waals surface area contributed by atoms with Gasteiger partial charge in [0.25, 0.3) is 0 Å². The highest BCUT2D eigenvalue weighted by atomic mass is 35.5. The second kappa shape index (κ2) is 7.93. The summed E-state index contributed by atoms with van der Waals surface area (Å²) in [4.78, 5) is 30.5. The first-order valence-corrected chi connectivity index (χ1v) is 13.3. The summed E-state index contributed by atoms with van der Waals surface area (Å²) >= 11 is 7.01. The number of halogens is 1. The fourth-order valence-corrected chi connectivity index (χ4v) is 6.71. The maximum absolute atomic E-state index is 13.0. The van der Waals surface area contributed by atoms with Gasteiger partial charge in [-0.05, 0) is 44.4 Å². The zero-order valence-electron chi connectivity index (χ0n) is 17.2. The van der Waals surface area contributed by atoms with Crippen LogP contribution in [0.5, 0.6) is 0 Å². The number of hydrogen-bond donors (Lipinski definition) is 0. The summed E-state index contributed by atoms with van der Waals surface area (Å²) in [6.07, 6.45) is 2.43. The Morgan fingerprint density at radius 3 is 2.69 bits per heavy atom. The van der Waals surface area contributed by atoms with Crippen LogP contribution in [0.1, 0.15) is 62.6 Å². The number of Topliss-reactive ketones (excluding diaryl/α,β-unsaturated/α-hetero) is 1. The first-order chi connectivity index (χ1) is 15.2. The van der Waals surface area contributed by atoms with E-state index >= 15 is 0 Å². The number of ketones is 1. The number of thiophene rings is 1. The van der Waals surface area contributed by atoms with E-state index in [1.165, 1.54) is 0 Å².